The highest BCUT2D eigenvalue weighted by Gasteiger charge is 2.19. The van der Waals surface area contributed by atoms with Gasteiger partial charge < -0.3 is 10.4 Å². The Morgan fingerprint density at radius 1 is 1.07 bits per heavy atom. The largest absolute Gasteiger partial charge is 0.394 e. The Hall–Kier alpha value is -2.66. The second-order valence-corrected chi connectivity index (χ2v) is 7.21. The van der Waals surface area contributed by atoms with E-state index in [1.54, 1.807) is 26.0 Å². The van der Waals surface area contributed by atoms with E-state index in [-0.39, 0.29) is 6.61 Å². The summed E-state index contributed by atoms with van der Waals surface area (Å²) in [7, 11) is 0. The van der Waals surface area contributed by atoms with E-state index >= 15 is 0 Å². The van der Waals surface area contributed by atoms with Crippen LogP contribution in [-0.4, -0.2) is 21.5 Å². The molecule has 0 aliphatic heterocycles. The summed E-state index contributed by atoms with van der Waals surface area (Å²) >= 11 is 0. The molecule has 0 spiro atoms. The minimum absolute atomic E-state index is 0.0541. The van der Waals surface area contributed by atoms with Crippen LogP contribution < -0.4 is 5.32 Å². The first kappa shape index (κ1) is 19.1. The number of halogens is 1. The van der Waals surface area contributed by atoms with Crippen molar-refractivity contribution in [3.05, 3.63) is 65.5 Å². The lowest BCUT2D eigenvalue weighted by Gasteiger charge is -2.16. The minimum Gasteiger partial charge on any atom is -0.394 e. The van der Waals surface area contributed by atoms with E-state index in [9.17, 15) is 9.50 Å². The Morgan fingerprint density at radius 3 is 2.37 bits per heavy atom. The number of aliphatic hydroxyl groups excluding tert-OH is 1. The summed E-state index contributed by atoms with van der Waals surface area (Å²) in [6.07, 6.45) is 0. The lowest BCUT2D eigenvalue weighted by molar-refractivity contribution is 0.221. The third kappa shape index (κ3) is 4.03. The van der Waals surface area contributed by atoms with E-state index in [4.69, 9.17) is 0 Å². The summed E-state index contributed by atoms with van der Waals surface area (Å²) in [6, 6.07) is 15.4. The second kappa shape index (κ2) is 7.53. The van der Waals surface area contributed by atoms with Gasteiger partial charge in [-0.15, -0.1) is 0 Å². The molecule has 2 N–H and O–H groups in total. The number of nitrogens with one attached hydrogen (secondary N) is 1. The maximum Gasteiger partial charge on any atom is 0.130 e. The summed E-state index contributed by atoms with van der Waals surface area (Å²) in [4.78, 5) is 0. The molecule has 3 aromatic rings. The van der Waals surface area contributed by atoms with Crippen LogP contribution in [0.5, 0.6) is 0 Å². The first-order valence-electron chi connectivity index (χ1n) is 9.12. The highest BCUT2D eigenvalue weighted by atomic mass is 19.1. The van der Waals surface area contributed by atoms with E-state index in [2.05, 4.69) is 16.5 Å². The number of anilines is 2. The molecule has 0 aliphatic carbocycles. The van der Waals surface area contributed by atoms with Crippen LogP contribution in [0.25, 0.3) is 11.1 Å². The van der Waals surface area contributed by atoms with E-state index in [1.807, 2.05) is 48.9 Å². The number of rotatable bonds is 6. The summed E-state index contributed by atoms with van der Waals surface area (Å²) in [5.41, 5.74) is 5.20. The van der Waals surface area contributed by atoms with Gasteiger partial charge in [0.1, 0.15) is 5.67 Å². The zero-order chi connectivity index (χ0) is 19.6. The molecule has 3 rings (SSSR count). The van der Waals surface area contributed by atoms with Crippen molar-refractivity contribution in [2.45, 2.75) is 39.9 Å². The zero-order valence-electron chi connectivity index (χ0n) is 16.3. The first-order valence-corrected chi connectivity index (χ1v) is 9.12. The third-order valence-corrected chi connectivity index (χ3v) is 4.74. The zero-order valence-corrected chi connectivity index (χ0v) is 16.3. The van der Waals surface area contributed by atoms with Gasteiger partial charge in [-0.3, -0.25) is 4.68 Å². The average Bonchev–Trinajstić information content (AvgIpc) is 2.89. The van der Waals surface area contributed by atoms with Crippen LogP contribution in [0.4, 0.5) is 15.8 Å². The van der Waals surface area contributed by atoms with Crippen molar-refractivity contribution in [1.29, 1.82) is 0 Å². The first-order chi connectivity index (χ1) is 12.8. The lowest BCUT2D eigenvalue weighted by atomic mass is 9.99. The van der Waals surface area contributed by atoms with Crippen molar-refractivity contribution in [1.82, 2.24) is 9.78 Å². The fraction of sp³-hybridized carbons (Fsp3) is 0.318. The third-order valence-electron chi connectivity index (χ3n) is 4.74. The van der Waals surface area contributed by atoms with Gasteiger partial charge in [0.05, 0.1) is 18.8 Å². The van der Waals surface area contributed by atoms with Gasteiger partial charge in [0.2, 0.25) is 0 Å². The molecule has 0 unspecified atom stereocenters. The molecule has 27 heavy (non-hydrogen) atoms. The van der Waals surface area contributed by atoms with E-state index in [0.29, 0.717) is 12.1 Å². The van der Waals surface area contributed by atoms with Gasteiger partial charge in [-0.05, 0) is 51.5 Å². The Bertz CT molecular complexity index is 924. The van der Waals surface area contributed by atoms with Crippen LogP contribution >= 0.6 is 0 Å². The molecule has 0 bridgehead atoms. The number of aliphatic hydroxyl groups is 1. The normalized spacial score (nSPS) is 11.6. The maximum absolute atomic E-state index is 14.1. The van der Waals surface area contributed by atoms with Crippen molar-refractivity contribution in [3.8, 4) is 11.1 Å². The van der Waals surface area contributed by atoms with E-state index < -0.39 is 5.67 Å². The SMILES string of the molecule is Cc1nn(CCO)c(C)c1-c1ccccc1Nc1ccc(C(C)(C)F)cc1. The summed E-state index contributed by atoms with van der Waals surface area (Å²) in [5, 5.41) is 17.2. The van der Waals surface area contributed by atoms with Crippen molar-refractivity contribution in [2.75, 3.05) is 11.9 Å². The Balaban J connectivity index is 1.96. The Labute approximate surface area is 159 Å². The summed E-state index contributed by atoms with van der Waals surface area (Å²) < 4.78 is 15.9. The second-order valence-electron chi connectivity index (χ2n) is 7.21. The minimum atomic E-state index is -1.36. The monoisotopic (exact) mass is 367 g/mol. The van der Waals surface area contributed by atoms with Gasteiger partial charge in [0.25, 0.3) is 0 Å². The smallest absolute Gasteiger partial charge is 0.130 e. The topological polar surface area (TPSA) is 50.1 Å². The molecule has 0 saturated heterocycles. The van der Waals surface area contributed by atoms with Gasteiger partial charge in [0.15, 0.2) is 0 Å². The number of alkyl halides is 1. The molecular formula is C22H26FN3O. The molecule has 142 valence electrons. The van der Waals surface area contributed by atoms with Crippen molar-refractivity contribution in [2.24, 2.45) is 0 Å². The molecule has 1 heterocycles. The van der Waals surface area contributed by atoms with Crippen molar-refractivity contribution < 1.29 is 9.50 Å². The van der Waals surface area contributed by atoms with Gasteiger partial charge >= 0.3 is 0 Å². The van der Waals surface area contributed by atoms with Crippen molar-refractivity contribution in [3.63, 3.8) is 0 Å². The number of para-hydroxylation sites is 1. The standard InChI is InChI=1S/C22H26FN3O/c1-15-21(16(2)26(25-15)13-14-27)19-7-5-6-8-20(19)24-18-11-9-17(10-12-18)22(3,4)23/h5-12,24,27H,13-14H2,1-4H3. The van der Waals surface area contributed by atoms with Crippen LogP contribution in [0, 0.1) is 13.8 Å². The molecule has 5 heteroatoms. The molecule has 0 fully saturated rings. The maximum atomic E-state index is 14.1. The molecular weight excluding hydrogens is 341 g/mol. The Kier molecular flexibility index (Phi) is 5.33. The highest BCUT2D eigenvalue weighted by Crippen LogP contribution is 2.35. The number of hydrogen-bond acceptors (Lipinski definition) is 3. The van der Waals surface area contributed by atoms with Crippen molar-refractivity contribution >= 4 is 11.4 Å². The Morgan fingerprint density at radius 2 is 1.74 bits per heavy atom. The fourth-order valence-electron chi connectivity index (χ4n) is 3.31. The van der Waals surface area contributed by atoms with Gasteiger partial charge in [-0.2, -0.15) is 5.10 Å². The predicted octanol–water partition coefficient (Wildman–Crippen LogP) is 5.11. The molecule has 0 atom stereocenters. The number of nitrogens with zero attached hydrogens (tertiary/aromatic N) is 2. The lowest BCUT2D eigenvalue weighted by Crippen LogP contribution is -2.08. The predicted molar refractivity (Wildman–Crippen MR) is 108 cm³/mol. The fourth-order valence-corrected chi connectivity index (χ4v) is 3.31. The number of aromatic nitrogens is 2. The molecule has 0 amide bonds. The summed E-state index contributed by atoms with van der Waals surface area (Å²) in [6.45, 7) is 7.63. The summed E-state index contributed by atoms with van der Waals surface area (Å²) in [5.74, 6) is 0. The van der Waals surface area contributed by atoms with Gasteiger partial charge in [0, 0.05) is 28.2 Å². The number of benzene rings is 2. The molecule has 0 aliphatic rings. The van der Waals surface area contributed by atoms with Crippen LogP contribution in [0.15, 0.2) is 48.5 Å². The quantitative estimate of drug-likeness (QED) is 0.637. The molecule has 0 saturated carbocycles. The molecule has 1 aromatic heterocycles. The van der Waals surface area contributed by atoms with Crippen LogP contribution in [0.3, 0.4) is 0 Å². The molecule has 4 nitrogen and oxygen atoms in total. The number of aryl methyl sites for hydroxylation is 1. The average molecular weight is 367 g/mol. The van der Waals surface area contributed by atoms with Crippen LogP contribution in [0.1, 0.15) is 30.8 Å². The van der Waals surface area contributed by atoms with E-state index in [0.717, 1.165) is 33.9 Å². The highest BCUT2D eigenvalue weighted by molar-refractivity contribution is 5.83. The van der Waals surface area contributed by atoms with Crippen LogP contribution in [0.2, 0.25) is 0 Å². The molecule has 2 aromatic carbocycles. The van der Waals surface area contributed by atoms with Crippen LogP contribution in [-0.2, 0) is 12.2 Å². The van der Waals surface area contributed by atoms with Gasteiger partial charge in [-0.1, -0.05) is 30.3 Å². The molecule has 0 radical (unpaired) electrons. The van der Waals surface area contributed by atoms with Gasteiger partial charge in [-0.25, -0.2) is 4.39 Å². The van der Waals surface area contributed by atoms with E-state index in [1.165, 1.54) is 0 Å². The number of hydrogen-bond donors (Lipinski definition) is 2.